The molecule has 1 aromatic heterocycles. The summed E-state index contributed by atoms with van der Waals surface area (Å²) >= 11 is 0. The van der Waals surface area contributed by atoms with Crippen molar-refractivity contribution in [2.24, 2.45) is 7.05 Å². The summed E-state index contributed by atoms with van der Waals surface area (Å²) in [7, 11) is 0.156. The van der Waals surface area contributed by atoms with E-state index >= 15 is 0 Å². The fourth-order valence-corrected chi connectivity index (χ4v) is 9.49. The molecule has 0 aliphatic heterocycles. The van der Waals surface area contributed by atoms with Crippen molar-refractivity contribution in [1.82, 2.24) is 0 Å². The Morgan fingerprint density at radius 3 is 1.89 bits per heavy atom. The largest absolute Gasteiger partial charge is 0.212 e. The summed E-state index contributed by atoms with van der Waals surface area (Å²) in [6.07, 6.45) is 2.13. The first-order valence-corrected chi connectivity index (χ1v) is 14.7. The first-order chi connectivity index (χ1) is 17.6. The summed E-state index contributed by atoms with van der Waals surface area (Å²) in [5, 5.41) is 9.64. The third kappa shape index (κ3) is 3.55. The van der Waals surface area contributed by atoms with Gasteiger partial charge in [0.2, 0.25) is 5.69 Å². The standard InChI is InChI=1S/C34H30NP/c1-25-30(32-20-12-13-23-35(32)2)22-21-27-24-26-14-10-11-19-31(26)34(33(25)27)36(3,28-15-6-4-7-16-28)29-17-8-5-9-18-29/h4-24H,1-3H3/q+2. The lowest BCUT2D eigenvalue weighted by Crippen LogP contribution is -2.32. The molecule has 0 spiro atoms. The van der Waals surface area contributed by atoms with Crippen molar-refractivity contribution in [1.29, 1.82) is 0 Å². The van der Waals surface area contributed by atoms with Crippen molar-refractivity contribution < 1.29 is 4.57 Å². The molecule has 0 bridgehead atoms. The van der Waals surface area contributed by atoms with Gasteiger partial charge in [-0.15, -0.1) is 0 Å². The lowest BCUT2D eigenvalue weighted by atomic mass is 9.95. The number of rotatable bonds is 4. The minimum Gasteiger partial charge on any atom is -0.201 e. The van der Waals surface area contributed by atoms with E-state index in [0.29, 0.717) is 0 Å². The van der Waals surface area contributed by atoms with Gasteiger partial charge < -0.3 is 0 Å². The molecule has 0 atom stereocenters. The van der Waals surface area contributed by atoms with E-state index in [1.807, 2.05) is 0 Å². The maximum atomic E-state index is 2.51. The van der Waals surface area contributed by atoms with E-state index in [1.165, 1.54) is 54.3 Å². The fraction of sp³-hybridized carbons (Fsp3) is 0.0882. The smallest absolute Gasteiger partial charge is 0.201 e. The molecule has 0 amide bonds. The number of hydrogen-bond acceptors (Lipinski definition) is 0. The van der Waals surface area contributed by atoms with Gasteiger partial charge in [0.05, 0.1) is 6.66 Å². The minimum atomic E-state index is -1.97. The zero-order valence-corrected chi connectivity index (χ0v) is 21.9. The van der Waals surface area contributed by atoms with Crippen LogP contribution < -0.4 is 20.5 Å². The first kappa shape index (κ1) is 22.7. The van der Waals surface area contributed by atoms with Gasteiger partial charge in [-0.2, -0.15) is 0 Å². The maximum Gasteiger partial charge on any atom is 0.212 e. The van der Waals surface area contributed by atoms with E-state index in [2.05, 4.69) is 153 Å². The fourth-order valence-electron chi connectivity index (χ4n) is 5.71. The van der Waals surface area contributed by atoms with Crippen molar-refractivity contribution in [3.8, 4) is 11.3 Å². The molecule has 6 aromatic rings. The number of fused-ring (bicyclic) bond motifs is 2. The Morgan fingerprint density at radius 2 is 1.22 bits per heavy atom. The van der Waals surface area contributed by atoms with Crippen molar-refractivity contribution in [3.05, 3.63) is 133 Å². The van der Waals surface area contributed by atoms with E-state index in [9.17, 15) is 0 Å². The van der Waals surface area contributed by atoms with Gasteiger partial charge in [-0.3, -0.25) is 0 Å². The predicted molar refractivity (Wildman–Crippen MR) is 157 cm³/mol. The van der Waals surface area contributed by atoms with Crippen LogP contribution in [0.4, 0.5) is 0 Å². The van der Waals surface area contributed by atoms with E-state index in [-0.39, 0.29) is 0 Å². The highest BCUT2D eigenvalue weighted by molar-refractivity contribution is 7.95. The normalized spacial score (nSPS) is 11.8. The molecule has 0 saturated carbocycles. The summed E-state index contributed by atoms with van der Waals surface area (Å²) in [5.74, 6) is 0. The Labute approximate surface area is 214 Å². The molecule has 0 unspecified atom stereocenters. The lowest BCUT2D eigenvalue weighted by molar-refractivity contribution is -0.660. The molecular weight excluding hydrogens is 453 g/mol. The van der Waals surface area contributed by atoms with E-state index in [0.717, 1.165) is 0 Å². The van der Waals surface area contributed by atoms with Gasteiger partial charge in [0.1, 0.15) is 30.2 Å². The Hall–Kier alpha value is -3.80. The van der Waals surface area contributed by atoms with E-state index in [1.54, 1.807) is 0 Å². The number of hydrogen-bond donors (Lipinski definition) is 0. The monoisotopic (exact) mass is 483 g/mol. The molecule has 2 heteroatoms. The van der Waals surface area contributed by atoms with Crippen LogP contribution in [0.25, 0.3) is 32.8 Å². The van der Waals surface area contributed by atoms with Crippen LogP contribution in [-0.4, -0.2) is 6.66 Å². The topological polar surface area (TPSA) is 3.88 Å². The van der Waals surface area contributed by atoms with Gasteiger partial charge in [0.15, 0.2) is 6.20 Å². The van der Waals surface area contributed by atoms with Gasteiger partial charge in [-0.25, -0.2) is 4.57 Å². The molecule has 174 valence electrons. The van der Waals surface area contributed by atoms with Gasteiger partial charge in [0, 0.05) is 28.5 Å². The van der Waals surface area contributed by atoms with Crippen molar-refractivity contribution in [2.45, 2.75) is 6.92 Å². The Kier molecular flexibility index (Phi) is 5.67. The SMILES string of the molecule is Cc1c(-c2cccc[n+]2C)ccc2cc3ccccc3c([P+](C)(c3ccccc3)c3ccccc3)c12. The minimum absolute atomic E-state index is 1.23. The number of aryl methyl sites for hydroxylation is 2. The first-order valence-electron chi connectivity index (χ1n) is 12.5. The Balaban J connectivity index is 1.82. The molecule has 0 fully saturated rings. The van der Waals surface area contributed by atoms with E-state index < -0.39 is 7.26 Å². The second kappa shape index (κ2) is 9.01. The van der Waals surface area contributed by atoms with Gasteiger partial charge in [0.25, 0.3) is 0 Å². The molecule has 36 heavy (non-hydrogen) atoms. The molecule has 0 saturated heterocycles. The number of pyridine rings is 1. The van der Waals surface area contributed by atoms with Gasteiger partial charge in [-0.05, 0) is 65.7 Å². The highest BCUT2D eigenvalue weighted by atomic mass is 31.2. The van der Waals surface area contributed by atoms with Crippen molar-refractivity contribution in [2.75, 3.05) is 6.66 Å². The zero-order chi connectivity index (χ0) is 24.7. The summed E-state index contributed by atoms with van der Waals surface area (Å²) in [6, 6.07) is 44.7. The van der Waals surface area contributed by atoms with Crippen LogP contribution in [0.5, 0.6) is 0 Å². The predicted octanol–water partition coefficient (Wildman–Crippen LogP) is 6.72. The molecule has 1 heterocycles. The van der Waals surface area contributed by atoms with Crippen LogP contribution >= 0.6 is 7.26 Å². The number of benzene rings is 5. The van der Waals surface area contributed by atoms with E-state index in [4.69, 9.17) is 0 Å². The third-order valence-electron chi connectivity index (χ3n) is 7.58. The highest BCUT2D eigenvalue weighted by Crippen LogP contribution is 2.55. The second-order valence-corrected chi connectivity index (χ2v) is 13.1. The average Bonchev–Trinajstić information content (AvgIpc) is 2.93. The Morgan fingerprint density at radius 1 is 0.611 bits per heavy atom. The zero-order valence-electron chi connectivity index (χ0n) is 21.0. The van der Waals surface area contributed by atoms with Gasteiger partial charge in [-0.1, -0.05) is 66.7 Å². The van der Waals surface area contributed by atoms with Crippen molar-refractivity contribution in [3.63, 3.8) is 0 Å². The third-order valence-corrected chi connectivity index (χ3v) is 11.6. The van der Waals surface area contributed by atoms with Crippen LogP contribution in [-0.2, 0) is 7.05 Å². The summed E-state index contributed by atoms with van der Waals surface area (Å²) in [4.78, 5) is 0. The molecule has 5 aromatic carbocycles. The van der Waals surface area contributed by atoms with Gasteiger partial charge >= 0.3 is 0 Å². The molecule has 0 aliphatic carbocycles. The summed E-state index contributed by atoms with van der Waals surface area (Å²) in [5.41, 5.74) is 3.86. The summed E-state index contributed by atoms with van der Waals surface area (Å²) in [6.45, 7) is 4.82. The van der Waals surface area contributed by atoms with Crippen molar-refractivity contribution >= 4 is 44.7 Å². The Bertz CT molecular complexity index is 1670. The lowest BCUT2D eigenvalue weighted by Gasteiger charge is -2.27. The molecule has 1 nitrogen and oxygen atoms in total. The second-order valence-electron chi connectivity index (χ2n) is 9.66. The molecule has 6 rings (SSSR count). The number of nitrogens with zero attached hydrogens (tertiary/aromatic N) is 1. The molecule has 0 aliphatic rings. The van der Waals surface area contributed by atoms with Crippen LogP contribution in [0.3, 0.4) is 0 Å². The summed E-state index contributed by atoms with van der Waals surface area (Å²) < 4.78 is 2.22. The average molecular weight is 484 g/mol. The molecular formula is C34H30NP+2. The van der Waals surface area contributed by atoms with Crippen LogP contribution in [0, 0.1) is 6.92 Å². The quantitative estimate of drug-likeness (QED) is 0.149. The van der Waals surface area contributed by atoms with Crippen LogP contribution in [0.1, 0.15) is 5.56 Å². The van der Waals surface area contributed by atoms with Crippen LogP contribution in [0.15, 0.2) is 128 Å². The van der Waals surface area contributed by atoms with Crippen LogP contribution in [0.2, 0.25) is 0 Å². The molecule has 0 radical (unpaired) electrons. The highest BCUT2D eigenvalue weighted by Gasteiger charge is 2.43. The maximum absolute atomic E-state index is 2.51. The number of aromatic nitrogens is 1. The molecule has 0 N–H and O–H groups in total.